The minimum Gasteiger partial charge on any atom is -0.508 e. The molecule has 0 radical (unpaired) electrons. The van der Waals surface area contributed by atoms with E-state index in [1.165, 1.54) is 30.5 Å². The zero-order valence-electron chi connectivity index (χ0n) is 12.4. The van der Waals surface area contributed by atoms with Crippen molar-refractivity contribution in [3.63, 3.8) is 0 Å². The van der Waals surface area contributed by atoms with Gasteiger partial charge in [-0.1, -0.05) is 0 Å². The Hall–Kier alpha value is -3.66. The lowest BCUT2D eigenvalue weighted by Gasteiger charge is -2.06. The lowest BCUT2D eigenvalue weighted by molar-refractivity contribution is -0.112. The number of rotatable bonds is 4. The van der Waals surface area contributed by atoms with Gasteiger partial charge >= 0.3 is 0 Å². The third-order valence-electron chi connectivity index (χ3n) is 3.25. The monoisotopic (exact) mass is 323 g/mol. The number of nitrogens with zero attached hydrogens (tertiary/aromatic N) is 1. The first-order chi connectivity index (χ1) is 11.7. The van der Waals surface area contributed by atoms with Crippen LogP contribution in [-0.4, -0.2) is 17.8 Å². The summed E-state index contributed by atoms with van der Waals surface area (Å²) < 4.78 is 10.5. The summed E-state index contributed by atoms with van der Waals surface area (Å²) in [4.78, 5) is 12.1. The maximum absolute atomic E-state index is 12.1. The van der Waals surface area contributed by atoms with E-state index in [1.807, 2.05) is 6.07 Å². The average molecular weight is 323 g/mol. The summed E-state index contributed by atoms with van der Waals surface area (Å²) in [5.41, 5.74) is 1.03. The van der Waals surface area contributed by atoms with Gasteiger partial charge in [-0.15, -0.1) is 0 Å². The highest BCUT2D eigenvalue weighted by atomic mass is 16.7. The molecule has 3 N–H and O–H groups in total. The summed E-state index contributed by atoms with van der Waals surface area (Å²) in [6.07, 6.45) is 1.31. The number of hydrogen-bond donors (Lipinski definition) is 3. The van der Waals surface area contributed by atoms with E-state index in [9.17, 15) is 9.90 Å². The number of phenols is 1. The minimum atomic E-state index is -0.559. The number of nitrogens with one attached hydrogen (secondary N) is 2. The van der Waals surface area contributed by atoms with Crippen LogP contribution in [0.4, 0.5) is 11.4 Å². The van der Waals surface area contributed by atoms with Crippen LogP contribution in [0.25, 0.3) is 0 Å². The molecule has 0 unspecified atom stereocenters. The molecule has 0 bridgehead atoms. The molecule has 1 amide bonds. The van der Waals surface area contributed by atoms with Gasteiger partial charge in [0.05, 0.1) is 0 Å². The second kappa shape index (κ2) is 6.62. The Morgan fingerprint density at radius 1 is 1.12 bits per heavy atom. The standard InChI is InChI=1S/C17H13N3O4/c18-8-11(17(22)20-12-1-4-14(21)5-2-12)9-19-13-3-6-15-16(7-13)24-10-23-15/h1-7,9,19,21H,10H2,(H,20,22)/b11-9-. The highest BCUT2D eigenvalue weighted by Gasteiger charge is 2.13. The number of amides is 1. The Morgan fingerprint density at radius 2 is 1.83 bits per heavy atom. The molecule has 2 aromatic carbocycles. The summed E-state index contributed by atoms with van der Waals surface area (Å²) in [6.45, 7) is 0.174. The van der Waals surface area contributed by atoms with Gasteiger partial charge in [0, 0.05) is 23.6 Å². The van der Waals surface area contributed by atoms with Gasteiger partial charge in [0.25, 0.3) is 5.91 Å². The second-order valence-corrected chi connectivity index (χ2v) is 4.88. The van der Waals surface area contributed by atoms with Crippen molar-refractivity contribution in [2.24, 2.45) is 0 Å². The quantitative estimate of drug-likeness (QED) is 0.454. The van der Waals surface area contributed by atoms with Crippen LogP contribution in [0.1, 0.15) is 0 Å². The lowest BCUT2D eigenvalue weighted by atomic mass is 10.2. The molecule has 0 fully saturated rings. The van der Waals surface area contributed by atoms with E-state index in [1.54, 1.807) is 18.2 Å². The highest BCUT2D eigenvalue weighted by Crippen LogP contribution is 2.34. The number of carbonyl (C=O) groups excluding carboxylic acids is 1. The van der Waals surface area contributed by atoms with Gasteiger partial charge in [-0.3, -0.25) is 4.79 Å². The normalized spacial score (nSPS) is 12.4. The molecule has 0 aliphatic carbocycles. The molecule has 0 spiro atoms. The van der Waals surface area contributed by atoms with E-state index in [0.717, 1.165) is 0 Å². The molecule has 0 atom stereocenters. The van der Waals surface area contributed by atoms with E-state index >= 15 is 0 Å². The zero-order valence-corrected chi connectivity index (χ0v) is 12.4. The lowest BCUT2D eigenvalue weighted by Crippen LogP contribution is -2.14. The van der Waals surface area contributed by atoms with E-state index < -0.39 is 5.91 Å². The summed E-state index contributed by atoms with van der Waals surface area (Å²) in [6, 6.07) is 13.0. The van der Waals surface area contributed by atoms with Crippen LogP contribution in [0.3, 0.4) is 0 Å². The van der Waals surface area contributed by atoms with Crippen LogP contribution >= 0.6 is 0 Å². The average Bonchev–Trinajstić information content (AvgIpc) is 3.05. The zero-order chi connectivity index (χ0) is 16.9. The predicted molar refractivity (Wildman–Crippen MR) is 86.6 cm³/mol. The third kappa shape index (κ3) is 3.39. The fraction of sp³-hybridized carbons (Fsp3) is 0.0588. The third-order valence-corrected chi connectivity index (χ3v) is 3.25. The van der Waals surface area contributed by atoms with Crippen LogP contribution < -0.4 is 20.1 Å². The highest BCUT2D eigenvalue weighted by molar-refractivity contribution is 6.06. The molecule has 24 heavy (non-hydrogen) atoms. The van der Waals surface area contributed by atoms with Crippen LogP contribution in [0.2, 0.25) is 0 Å². The Bertz CT molecular complexity index is 838. The SMILES string of the molecule is N#C/C(=C/Nc1ccc2c(c1)OCO2)C(=O)Nc1ccc(O)cc1. The Kier molecular flexibility index (Phi) is 4.21. The number of ether oxygens (including phenoxy) is 2. The van der Waals surface area contributed by atoms with E-state index in [0.29, 0.717) is 22.9 Å². The van der Waals surface area contributed by atoms with Gasteiger partial charge in [-0.2, -0.15) is 5.26 Å². The van der Waals surface area contributed by atoms with Gasteiger partial charge in [0.2, 0.25) is 6.79 Å². The van der Waals surface area contributed by atoms with Crippen molar-refractivity contribution in [3.8, 4) is 23.3 Å². The van der Waals surface area contributed by atoms with E-state index in [-0.39, 0.29) is 18.1 Å². The topological polar surface area (TPSA) is 104 Å². The summed E-state index contributed by atoms with van der Waals surface area (Å²) in [7, 11) is 0. The number of phenolic OH excluding ortho intramolecular Hbond substituents is 1. The molecule has 7 nitrogen and oxygen atoms in total. The van der Waals surface area contributed by atoms with Crippen LogP contribution in [0.5, 0.6) is 17.2 Å². The number of nitriles is 1. The number of benzene rings is 2. The van der Waals surface area contributed by atoms with Gasteiger partial charge < -0.3 is 25.2 Å². The molecule has 1 aliphatic rings. The molecule has 2 aromatic rings. The van der Waals surface area contributed by atoms with E-state index in [2.05, 4.69) is 10.6 Å². The molecule has 0 saturated heterocycles. The number of carbonyl (C=O) groups is 1. The van der Waals surface area contributed by atoms with Crippen molar-refractivity contribution in [1.82, 2.24) is 0 Å². The van der Waals surface area contributed by atoms with Crippen molar-refractivity contribution in [1.29, 1.82) is 5.26 Å². The maximum atomic E-state index is 12.1. The number of anilines is 2. The fourth-order valence-electron chi connectivity index (χ4n) is 2.03. The first-order valence-electron chi connectivity index (χ1n) is 7.02. The van der Waals surface area contributed by atoms with Gasteiger partial charge in [-0.05, 0) is 36.4 Å². The first-order valence-corrected chi connectivity index (χ1v) is 7.02. The van der Waals surface area contributed by atoms with Crippen molar-refractivity contribution >= 4 is 17.3 Å². The Labute approximate surface area is 137 Å². The van der Waals surface area contributed by atoms with Crippen LogP contribution in [0.15, 0.2) is 54.2 Å². The molecular formula is C17H13N3O4. The van der Waals surface area contributed by atoms with Gasteiger partial charge in [-0.25, -0.2) is 0 Å². The molecule has 7 heteroatoms. The molecule has 120 valence electrons. The van der Waals surface area contributed by atoms with Gasteiger partial charge in [0.1, 0.15) is 17.4 Å². The van der Waals surface area contributed by atoms with Crippen molar-refractivity contribution in [3.05, 3.63) is 54.2 Å². The Morgan fingerprint density at radius 3 is 2.58 bits per heavy atom. The van der Waals surface area contributed by atoms with Crippen LogP contribution in [0, 0.1) is 11.3 Å². The van der Waals surface area contributed by atoms with Crippen molar-refractivity contribution in [2.75, 3.05) is 17.4 Å². The minimum absolute atomic E-state index is 0.0912. The first kappa shape index (κ1) is 15.2. The summed E-state index contributed by atoms with van der Waals surface area (Å²) in [5, 5.41) is 23.8. The molecule has 1 heterocycles. The summed E-state index contributed by atoms with van der Waals surface area (Å²) in [5.74, 6) is 0.778. The van der Waals surface area contributed by atoms with E-state index in [4.69, 9.17) is 14.7 Å². The number of aromatic hydroxyl groups is 1. The number of hydrogen-bond acceptors (Lipinski definition) is 6. The Balaban J connectivity index is 1.68. The smallest absolute Gasteiger partial charge is 0.267 e. The molecule has 3 rings (SSSR count). The molecular weight excluding hydrogens is 310 g/mol. The predicted octanol–water partition coefficient (Wildman–Crippen LogP) is 2.58. The molecule has 0 saturated carbocycles. The van der Waals surface area contributed by atoms with Crippen LogP contribution in [-0.2, 0) is 4.79 Å². The van der Waals surface area contributed by atoms with Gasteiger partial charge in [0.15, 0.2) is 11.5 Å². The molecule has 1 aliphatic heterocycles. The molecule has 0 aromatic heterocycles. The number of fused-ring (bicyclic) bond motifs is 1. The van der Waals surface area contributed by atoms with Crippen molar-refractivity contribution in [2.45, 2.75) is 0 Å². The summed E-state index contributed by atoms with van der Waals surface area (Å²) >= 11 is 0. The largest absolute Gasteiger partial charge is 0.508 e. The fourth-order valence-corrected chi connectivity index (χ4v) is 2.03. The maximum Gasteiger partial charge on any atom is 0.267 e. The van der Waals surface area contributed by atoms with Crippen molar-refractivity contribution < 1.29 is 19.4 Å². The second-order valence-electron chi connectivity index (χ2n) is 4.88.